The average Bonchev–Trinajstić information content (AvgIpc) is 3.47. The van der Waals surface area contributed by atoms with Crippen molar-refractivity contribution >= 4 is 28.9 Å². The number of hydrogen-bond donors (Lipinski definition) is 3. The van der Waals surface area contributed by atoms with Crippen LogP contribution in [0.1, 0.15) is 53.3 Å². The van der Waals surface area contributed by atoms with E-state index in [1.807, 2.05) is 47.4 Å². The number of aromatic nitrogens is 2. The van der Waals surface area contributed by atoms with E-state index >= 15 is 0 Å². The van der Waals surface area contributed by atoms with Crippen LogP contribution < -0.4 is 10.6 Å². The molecule has 0 radical (unpaired) electrons. The van der Waals surface area contributed by atoms with Crippen molar-refractivity contribution in [2.24, 2.45) is 0 Å². The fourth-order valence-corrected chi connectivity index (χ4v) is 6.47. The van der Waals surface area contributed by atoms with Gasteiger partial charge in [0.2, 0.25) is 5.91 Å². The van der Waals surface area contributed by atoms with Crippen LogP contribution in [0.5, 0.6) is 0 Å². The Morgan fingerprint density at radius 2 is 1.78 bits per heavy atom. The van der Waals surface area contributed by atoms with E-state index in [2.05, 4.69) is 21.3 Å². The van der Waals surface area contributed by atoms with Crippen LogP contribution in [0.25, 0.3) is 22.2 Å². The number of hydrogen-bond acceptors (Lipinski definition) is 6. The quantitative estimate of drug-likeness (QED) is 0.147. The van der Waals surface area contributed by atoms with Crippen LogP contribution in [0.3, 0.4) is 0 Å². The number of nitrogens with zero attached hydrogens (tertiary/aromatic N) is 3. The molecule has 5 rings (SSSR count). The molecular weight excluding hydrogens is 629 g/mol. The van der Waals surface area contributed by atoms with Crippen molar-refractivity contribution < 1.29 is 33.4 Å². The number of carbonyl (C=O) groups excluding carboxylic acids is 2. The lowest BCUT2D eigenvalue weighted by Crippen LogP contribution is -2.44. The van der Waals surface area contributed by atoms with Crippen LogP contribution in [-0.2, 0) is 27.2 Å². The van der Waals surface area contributed by atoms with Crippen molar-refractivity contribution in [3.05, 3.63) is 89.5 Å². The molecule has 0 saturated carbocycles. The number of methoxy groups -OCH3 is 2. The first-order valence-corrected chi connectivity index (χ1v) is 16.6. The predicted octanol–water partition coefficient (Wildman–Crippen LogP) is 5.23. The third-order valence-electron chi connectivity index (χ3n) is 8.88. The summed E-state index contributed by atoms with van der Waals surface area (Å²) in [6, 6.07) is 19.2. The third kappa shape index (κ3) is 9.21. The van der Waals surface area contributed by atoms with E-state index < -0.39 is 23.9 Å². The van der Waals surface area contributed by atoms with Gasteiger partial charge in [-0.2, -0.15) is 0 Å². The molecule has 1 aliphatic rings. The van der Waals surface area contributed by atoms with Gasteiger partial charge in [0, 0.05) is 65.4 Å². The molecule has 1 fully saturated rings. The van der Waals surface area contributed by atoms with Gasteiger partial charge in [0.1, 0.15) is 11.6 Å². The Labute approximate surface area is 285 Å². The number of rotatable bonds is 15. The second-order valence-electron chi connectivity index (χ2n) is 12.3. The molecule has 1 saturated heterocycles. The number of amides is 3. The van der Waals surface area contributed by atoms with Crippen molar-refractivity contribution in [1.29, 1.82) is 0 Å². The Morgan fingerprint density at radius 3 is 2.51 bits per heavy atom. The lowest BCUT2D eigenvalue weighted by atomic mass is 9.95. The van der Waals surface area contributed by atoms with Crippen LogP contribution in [0.2, 0.25) is 0 Å². The van der Waals surface area contributed by atoms with Crippen molar-refractivity contribution in [3.63, 3.8) is 0 Å². The minimum Gasteiger partial charge on any atom is -0.465 e. The molecule has 260 valence electrons. The first kappa shape index (κ1) is 35.5. The van der Waals surface area contributed by atoms with E-state index in [0.717, 1.165) is 53.8 Å². The second-order valence-corrected chi connectivity index (χ2v) is 12.3. The highest BCUT2D eigenvalue weighted by atomic mass is 19.1. The predicted molar refractivity (Wildman–Crippen MR) is 184 cm³/mol. The monoisotopic (exact) mass is 673 g/mol. The first-order valence-electron chi connectivity index (χ1n) is 16.6. The maximum absolute atomic E-state index is 14.8. The summed E-state index contributed by atoms with van der Waals surface area (Å²) in [5.41, 5.74) is 4.10. The lowest BCUT2D eigenvalue weighted by Gasteiger charge is -2.33. The van der Waals surface area contributed by atoms with E-state index in [0.29, 0.717) is 38.3 Å². The topological polar surface area (TPSA) is 135 Å². The largest absolute Gasteiger partial charge is 0.465 e. The number of ether oxygens (including phenoxy) is 2. The first-order chi connectivity index (χ1) is 23.8. The Morgan fingerprint density at radius 1 is 1.02 bits per heavy atom. The number of nitrogens with one attached hydrogen (secondary N) is 2. The summed E-state index contributed by atoms with van der Waals surface area (Å²) in [6.07, 6.45) is 1.72. The van der Waals surface area contributed by atoms with Crippen LogP contribution in [0.4, 0.5) is 9.18 Å². The van der Waals surface area contributed by atoms with Gasteiger partial charge in [0.25, 0.3) is 5.91 Å². The molecule has 1 aliphatic heterocycles. The van der Waals surface area contributed by atoms with Gasteiger partial charge >= 0.3 is 6.09 Å². The summed E-state index contributed by atoms with van der Waals surface area (Å²) in [4.78, 5) is 44.4. The van der Waals surface area contributed by atoms with Crippen LogP contribution >= 0.6 is 0 Å². The number of aryl methyl sites for hydroxylation is 1. The van der Waals surface area contributed by atoms with Gasteiger partial charge in [-0.3, -0.25) is 9.59 Å². The van der Waals surface area contributed by atoms with Crippen molar-refractivity contribution in [1.82, 2.24) is 25.1 Å². The normalized spacial score (nSPS) is 15.2. The number of piperidine rings is 1. The van der Waals surface area contributed by atoms with Crippen LogP contribution in [-0.4, -0.2) is 90.6 Å². The summed E-state index contributed by atoms with van der Waals surface area (Å²) in [5.74, 6) is -0.223. The smallest absolute Gasteiger partial charge is 0.404 e. The molecule has 0 spiro atoms. The molecule has 49 heavy (non-hydrogen) atoms. The highest BCUT2D eigenvalue weighted by molar-refractivity contribution is 5.95. The zero-order valence-corrected chi connectivity index (χ0v) is 28.0. The zero-order chi connectivity index (χ0) is 34.8. The van der Waals surface area contributed by atoms with Crippen LogP contribution in [0, 0.1) is 5.82 Å². The third-order valence-corrected chi connectivity index (χ3v) is 8.88. The number of fused-ring (bicyclic) bond motifs is 1. The fraction of sp³-hybridized carbons (Fsp3) is 0.405. The maximum atomic E-state index is 14.8. The highest BCUT2D eigenvalue weighted by Gasteiger charge is 2.30. The minimum atomic E-state index is -1.20. The molecule has 3 aromatic carbocycles. The molecule has 11 nitrogen and oxygen atoms in total. The van der Waals surface area contributed by atoms with Gasteiger partial charge < -0.3 is 34.7 Å². The SMILES string of the molecule is COCCCn1c([C@@H]2CCCN(C(=O)C[C@@H](Cc3ccc(-c4ccc(C(=O)NCCOC)c(F)c4)cc3)NC(=O)O)C2)nc2ccccc21. The maximum Gasteiger partial charge on any atom is 0.404 e. The molecule has 12 heteroatoms. The van der Waals surface area contributed by atoms with Gasteiger partial charge in [0.15, 0.2) is 0 Å². The van der Waals surface area contributed by atoms with Crippen molar-refractivity contribution in [2.45, 2.75) is 50.6 Å². The highest BCUT2D eigenvalue weighted by Crippen LogP contribution is 2.30. The number of para-hydroxylation sites is 2. The van der Waals surface area contributed by atoms with E-state index in [9.17, 15) is 23.9 Å². The van der Waals surface area contributed by atoms with E-state index in [-0.39, 0.29) is 30.4 Å². The molecule has 4 aromatic rings. The number of benzene rings is 3. The number of carbonyl (C=O) groups is 3. The molecule has 0 unspecified atom stereocenters. The molecule has 3 amide bonds. The Kier molecular flexibility index (Phi) is 12.3. The van der Waals surface area contributed by atoms with Gasteiger partial charge in [-0.1, -0.05) is 42.5 Å². The average molecular weight is 674 g/mol. The Hall–Kier alpha value is -4.81. The number of imidazole rings is 1. The van der Waals surface area contributed by atoms with E-state index in [4.69, 9.17) is 14.5 Å². The number of likely N-dealkylation sites (tertiary alicyclic amines) is 1. The molecule has 3 N–H and O–H groups in total. The van der Waals surface area contributed by atoms with Gasteiger partial charge in [-0.25, -0.2) is 14.2 Å². The van der Waals surface area contributed by atoms with Gasteiger partial charge in [-0.15, -0.1) is 0 Å². The zero-order valence-electron chi connectivity index (χ0n) is 28.0. The molecule has 0 bridgehead atoms. The summed E-state index contributed by atoms with van der Waals surface area (Å²) < 4.78 is 27.2. The molecule has 2 heterocycles. The van der Waals surface area contributed by atoms with Gasteiger partial charge in [0.05, 0.1) is 23.2 Å². The minimum absolute atomic E-state index is 0.0180. The molecule has 2 atom stereocenters. The number of halogens is 1. The van der Waals surface area contributed by atoms with Crippen LogP contribution in [0.15, 0.2) is 66.7 Å². The second kappa shape index (κ2) is 17.0. The van der Waals surface area contributed by atoms with Gasteiger partial charge in [-0.05, 0) is 66.6 Å². The van der Waals surface area contributed by atoms with E-state index in [1.165, 1.54) is 19.2 Å². The summed E-state index contributed by atoms with van der Waals surface area (Å²) in [5, 5.41) is 14.7. The van der Waals surface area contributed by atoms with Crippen molar-refractivity contribution in [3.8, 4) is 11.1 Å². The fourth-order valence-electron chi connectivity index (χ4n) is 6.47. The number of carboxylic acid groups (broad SMARTS) is 1. The Bertz CT molecular complexity index is 1740. The summed E-state index contributed by atoms with van der Waals surface area (Å²) >= 11 is 0. The summed E-state index contributed by atoms with van der Waals surface area (Å²) in [7, 11) is 3.21. The van der Waals surface area contributed by atoms with Crippen molar-refractivity contribution in [2.75, 3.05) is 47.1 Å². The molecule has 0 aliphatic carbocycles. The lowest BCUT2D eigenvalue weighted by molar-refractivity contribution is -0.132. The standard InChI is InChI=1S/C37H44FN5O6/c1-48-19-6-18-43-33-9-4-3-8-32(33)41-35(43)28-7-5-17-42(24-28)34(44)23-29(40-37(46)47)21-25-10-12-26(13-11-25)27-14-15-30(31(38)22-27)36(45)39-16-20-49-2/h3-4,8-15,22,28-29,40H,5-7,16-21,23-24H2,1-2H3,(H,39,45)(H,46,47)/t28-,29-/m1/s1. The van der Waals surface area contributed by atoms with E-state index in [1.54, 1.807) is 13.2 Å². The molecule has 1 aromatic heterocycles. The summed E-state index contributed by atoms with van der Waals surface area (Å²) in [6.45, 7) is 3.14. The Balaban J connectivity index is 1.24. The molecular formula is C37H44FN5O6.